The fourth-order valence-corrected chi connectivity index (χ4v) is 11.1. The van der Waals surface area contributed by atoms with E-state index in [1.807, 2.05) is 0 Å². The molecule has 11 atom stereocenters. The quantitative estimate of drug-likeness (QED) is 0.399. The molecule has 4 N–H and O–H groups in total. The minimum atomic E-state index is -0.657. The largest absolute Gasteiger partial charge is 0.396 e. The van der Waals surface area contributed by atoms with E-state index < -0.39 is 23.7 Å². The molecule has 5 aliphatic carbocycles. The van der Waals surface area contributed by atoms with Crippen molar-refractivity contribution in [1.29, 1.82) is 0 Å². The van der Waals surface area contributed by atoms with Crippen molar-refractivity contribution in [1.82, 2.24) is 0 Å². The molecule has 0 heterocycles. The lowest BCUT2D eigenvalue weighted by Crippen LogP contribution is -2.60. The van der Waals surface area contributed by atoms with Gasteiger partial charge >= 0.3 is 0 Å². The Morgan fingerprint density at radius 1 is 0.824 bits per heavy atom. The molecular formula is C30H50O4. The van der Waals surface area contributed by atoms with Crippen molar-refractivity contribution in [2.24, 2.45) is 50.7 Å². The van der Waals surface area contributed by atoms with Gasteiger partial charge in [0.1, 0.15) is 0 Å². The first kappa shape index (κ1) is 25.2. The van der Waals surface area contributed by atoms with Crippen LogP contribution < -0.4 is 0 Å². The molecule has 4 saturated carbocycles. The van der Waals surface area contributed by atoms with Crippen LogP contribution in [0.4, 0.5) is 0 Å². The monoisotopic (exact) mass is 474 g/mol. The zero-order valence-corrected chi connectivity index (χ0v) is 22.5. The first-order chi connectivity index (χ1) is 15.7. The molecule has 4 fully saturated rings. The maximum Gasteiger partial charge on any atom is 0.0853 e. The van der Waals surface area contributed by atoms with Gasteiger partial charge in [0.25, 0.3) is 0 Å². The number of hydrogen-bond acceptors (Lipinski definition) is 4. The molecule has 0 aromatic carbocycles. The summed E-state index contributed by atoms with van der Waals surface area (Å²) < 4.78 is 0. The lowest BCUT2D eigenvalue weighted by atomic mass is 9.42. The van der Waals surface area contributed by atoms with Crippen LogP contribution in [0, 0.1) is 50.7 Å². The second-order valence-electron chi connectivity index (χ2n) is 14.9. The highest BCUT2D eigenvalue weighted by Crippen LogP contribution is 2.70. The second kappa shape index (κ2) is 7.79. The average Bonchev–Trinajstić information content (AvgIpc) is 2.92. The summed E-state index contributed by atoms with van der Waals surface area (Å²) in [7, 11) is 0. The van der Waals surface area contributed by atoms with Crippen LogP contribution >= 0.6 is 0 Å². The zero-order valence-electron chi connectivity index (χ0n) is 22.5. The molecule has 0 amide bonds. The highest BCUT2D eigenvalue weighted by atomic mass is 16.3. The third-order valence-electron chi connectivity index (χ3n) is 13.0. The van der Waals surface area contributed by atoms with Gasteiger partial charge in [-0.05, 0) is 103 Å². The molecule has 0 aromatic heterocycles. The van der Waals surface area contributed by atoms with Crippen LogP contribution in [-0.2, 0) is 0 Å². The van der Waals surface area contributed by atoms with Crippen LogP contribution in [0.25, 0.3) is 0 Å². The Morgan fingerprint density at radius 3 is 2.21 bits per heavy atom. The summed E-state index contributed by atoms with van der Waals surface area (Å²) >= 11 is 0. The van der Waals surface area contributed by atoms with Crippen LogP contribution in [0.3, 0.4) is 0 Å². The Labute approximate surface area is 207 Å². The van der Waals surface area contributed by atoms with Gasteiger partial charge < -0.3 is 20.4 Å². The fourth-order valence-electron chi connectivity index (χ4n) is 11.1. The maximum atomic E-state index is 10.9. The normalized spacial score (nSPS) is 56.8. The Bertz CT molecular complexity index is 851. The molecule has 0 spiro atoms. The Morgan fingerprint density at radius 2 is 1.53 bits per heavy atom. The molecule has 0 unspecified atom stereocenters. The second-order valence-corrected chi connectivity index (χ2v) is 14.9. The van der Waals surface area contributed by atoms with Crippen LogP contribution in [0.2, 0.25) is 0 Å². The van der Waals surface area contributed by atoms with E-state index in [-0.39, 0.29) is 28.3 Å². The van der Waals surface area contributed by atoms with Gasteiger partial charge in [-0.2, -0.15) is 0 Å². The highest BCUT2D eigenvalue weighted by Gasteiger charge is 2.64. The lowest BCUT2D eigenvalue weighted by molar-refractivity contribution is -0.189. The van der Waals surface area contributed by atoms with E-state index in [4.69, 9.17) is 0 Å². The number of aliphatic hydroxyl groups is 4. The zero-order chi connectivity index (χ0) is 24.9. The molecular weight excluding hydrogens is 424 g/mol. The number of rotatable bonds is 1. The average molecular weight is 475 g/mol. The van der Waals surface area contributed by atoms with Gasteiger partial charge in [0.15, 0.2) is 0 Å². The fraction of sp³-hybridized carbons (Fsp3) is 0.933. The van der Waals surface area contributed by atoms with E-state index in [0.717, 1.165) is 44.9 Å². The summed E-state index contributed by atoms with van der Waals surface area (Å²) in [6.45, 7) is 13.9. The molecule has 5 aliphatic rings. The molecule has 0 aromatic rings. The van der Waals surface area contributed by atoms with E-state index in [0.29, 0.717) is 30.1 Å². The van der Waals surface area contributed by atoms with Crippen molar-refractivity contribution < 1.29 is 20.4 Å². The number of hydrogen-bond donors (Lipinski definition) is 4. The van der Waals surface area contributed by atoms with Crippen molar-refractivity contribution in [2.45, 2.75) is 118 Å². The molecule has 34 heavy (non-hydrogen) atoms. The van der Waals surface area contributed by atoms with Crippen molar-refractivity contribution in [2.75, 3.05) is 6.61 Å². The van der Waals surface area contributed by atoms with E-state index >= 15 is 0 Å². The standard InChI is InChI=1S/C30H50O4/c1-26(2)21-9-7-18-15-27(3)13-11-23-28(4,14-12-24(33)30(23,6)17-31)22(27)10-8-19(18)29(21,5)16-20(32)25(26)34/h7,19-25,31-34H,8-17H2,1-6H3/t19-,20+,21-,22-,23-,24+,25+,27-,28+,29+,30+/m0/s1. The van der Waals surface area contributed by atoms with Gasteiger partial charge in [-0.1, -0.05) is 53.2 Å². The molecule has 4 nitrogen and oxygen atoms in total. The first-order valence-electron chi connectivity index (χ1n) is 14.1. The summed E-state index contributed by atoms with van der Waals surface area (Å²) in [6.07, 6.45) is 10.1. The molecule has 194 valence electrons. The van der Waals surface area contributed by atoms with Crippen molar-refractivity contribution >= 4 is 0 Å². The molecule has 0 radical (unpaired) electrons. The summed E-state index contributed by atoms with van der Waals surface area (Å²) in [5.41, 5.74) is 1.31. The van der Waals surface area contributed by atoms with Crippen molar-refractivity contribution in [3.63, 3.8) is 0 Å². The first-order valence-corrected chi connectivity index (χ1v) is 14.1. The number of fused-ring (bicyclic) bond motifs is 6. The van der Waals surface area contributed by atoms with Crippen molar-refractivity contribution in [3.05, 3.63) is 11.6 Å². The Kier molecular flexibility index (Phi) is 5.78. The predicted octanol–water partition coefficient (Wildman–Crippen LogP) is 5.08. The number of allylic oxidation sites excluding steroid dienone is 2. The SMILES string of the molecule is CC1(C)[C@H](O)[C@H](O)C[C@]2(C)[C@H]3CC[C@H]4[C@@](C)(CC[C@H]5[C@]4(C)CC[C@@H](O)[C@]5(C)CO)CC3=CC[C@@H]12. The van der Waals surface area contributed by atoms with Gasteiger partial charge in [0.2, 0.25) is 0 Å². The van der Waals surface area contributed by atoms with E-state index in [9.17, 15) is 20.4 Å². The minimum Gasteiger partial charge on any atom is -0.396 e. The van der Waals surface area contributed by atoms with Crippen LogP contribution in [0.5, 0.6) is 0 Å². The van der Waals surface area contributed by atoms with E-state index in [1.54, 1.807) is 5.57 Å². The molecule has 5 rings (SSSR count). The highest BCUT2D eigenvalue weighted by molar-refractivity contribution is 5.26. The lowest BCUT2D eigenvalue weighted by Gasteiger charge is -2.64. The molecule has 0 saturated heterocycles. The van der Waals surface area contributed by atoms with E-state index in [1.165, 1.54) is 6.42 Å². The van der Waals surface area contributed by atoms with Crippen molar-refractivity contribution in [3.8, 4) is 0 Å². The van der Waals surface area contributed by atoms with E-state index in [2.05, 4.69) is 47.6 Å². The third-order valence-corrected chi connectivity index (χ3v) is 13.0. The van der Waals surface area contributed by atoms with Gasteiger partial charge in [0.05, 0.1) is 24.9 Å². The van der Waals surface area contributed by atoms with Crippen LogP contribution in [0.15, 0.2) is 11.6 Å². The Hall–Kier alpha value is -0.420. The summed E-state index contributed by atoms with van der Waals surface area (Å²) in [5.74, 6) is 1.79. The molecule has 4 heteroatoms. The summed E-state index contributed by atoms with van der Waals surface area (Å²) in [6, 6.07) is 0. The summed E-state index contributed by atoms with van der Waals surface area (Å²) in [4.78, 5) is 0. The van der Waals surface area contributed by atoms with Gasteiger partial charge in [0, 0.05) is 5.41 Å². The summed E-state index contributed by atoms with van der Waals surface area (Å²) in [5, 5.41) is 43.1. The van der Waals surface area contributed by atoms with Gasteiger partial charge in [-0.3, -0.25) is 0 Å². The van der Waals surface area contributed by atoms with Crippen LogP contribution in [0.1, 0.15) is 99.3 Å². The molecule has 0 aliphatic heterocycles. The van der Waals surface area contributed by atoms with Gasteiger partial charge in [-0.25, -0.2) is 0 Å². The number of aliphatic hydroxyl groups excluding tert-OH is 4. The minimum absolute atomic E-state index is 0.0127. The molecule has 0 bridgehead atoms. The topological polar surface area (TPSA) is 80.9 Å². The van der Waals surface area contributed by atoms with Gasteiger partial charge in [-0.15, -0.1) is 0 Å². The third kappa shape index (κ3) is 3.17. The van der Waals surface area contributed by atoms with Crippen LogP contribution in [-0.4, -0.2) is 45.3 Å². The predicted molar refractivity (Wildman–Crippen MR) is 135 cm³/mol. The smallest absolute Gasteiger partial charge is 0.0853 e. The Balaban J connectivity index is 1.51. The maximum absolute atomic E-state index is 10.9.